The van der Waals surface area contributed by atoms with Crippen molar-refractivity contribution in [3.8, 4) is 0 Å². The number of pyridine rings is 2. The SMILES string of the molecule is NC1CCN(c2ccncc2)CC1.O=C1c2ccccc2C(=O)N1C1CCN(c2ccncc2)CC1. The maximum absolute atomic E-state index is 12.5. The van der Waals surface area contributed by atoms with Crippen LogP contribution >= 0.6 is 0 Å². The van der Waals surface area contributed by atoms with Gasteiger partial charge in [-0.05, 0) is 62.1 Å². The van der Waals surface area contributed by atoms with E-state index in [2.05, 4.69) is 31.9 Å². The van der Waals surface area contributed by atoms with Gasteiger partial charge in [-0.25, -0.2) is 0 Å². The van der Waals surface area contributed by atoms with Crippen molar-refractivity contribution in [3.63, 3.8) is 0 Å². The van der Waals surface area contributed by atoms with E-state index in [1.165, 1.54) is 10.6 Å². The smallest absolute Gasteiger partial charge is 0.261 e. The monoisotopic (exact) mass is 484 g/mol. The molecule has 2 aromatic heterocycles. The first-order valence-electron chi connectivity index (χ1n) is 12.6. The Labute approximate surface area is 211 Å². The zero-order valence-electron chi connectivity index (χ0n) is 20.4. The van der Waals surface area contributed by atoms with Crippen LogP contribution in [0.25, 0.3) is 0 Å². The molecule has 0 spiro atoms. The lowest BCUT2D eigenvalue weighted by Gasteiger charge is -2.36. The van der Waals surface area contributed by atoms with Crippen LogP contribution in [-0.4, -0.2) is 64.9 Å². The van der Waals surface area contributed by atoms with Gasteiger partial charge in [0.25, 0.3) is 11.8 Å². The molecule has 3 aliphatic rings. The van der Waals surface area contributed by atoms with Gasteiger partial charge in [0.1, 0.15) is 0 Å². The predicted octanol–water partition coefficient (Wildman–Crippen LogP) is 3.36. The van der Waals surface area contributed by atoms with Crippen LogP contribution < -0.4 is 15.5 Å². The fourth-order valence-corrected chi connectivity index (χ4v) is 5.19. The minimum atomic E-state index is -0.145. The highest BCUT2D eigenvalue weighted by molar-refractivity contribution is 6.21. The summed E-state index contributed by atoms with van der Waals surface area (Å²) in [6.45, 7) is 3.82. The van der Waals surface area contributed by atoms with Crippen molar-refractivity contribution < 1.29 is 9.59 Å². The van der Waals surface area contributed by atoms with Gasteiger partial charge in [-0.2, -0.15) is 0 Å². The molecule has 0 radical (unpaired) electrons. The maximum Gasteiger partial charge on any atom is 0.261 e. The van der Waals surface area contributed by atoms with Gasteiger partial charge in [0, 0.05) is 74.4 Å². The molecule has 2 saturated heterocycles. The van der Waals surface area contributed by atoms with Crippen molar-refractivity contribution in [2.24, 2.45) is 5.73 Å². The minimum Gasteiger partial charge on any atom is -0.371 e. The number of rotatable bonds is 3. The minimum absolute atomic E-state index is 0.0134. The summed E-state index contributed by atoms with van der Waals surface area (Å²) in [5, 5.41) is 0. The number of hydrogen-bond donors (Lipinski definition) is 1. The number of piperidine rings is 2. The topological polar surface area (TPSA) is 95.7 Å². The molecule has 0 unspecified atom stereocenters. The maximum atomic E-state index is 12.5. The highest BCUT2D eigenvalue weighted by Gasteiger charge is 2.40. The molecule has 2 fully saturated rings. The third-order valence-electron chi connectivity index (χ3n) is 7.25. The van der Waals surface area contributed by atoms with Crippen LogP contribution in [0.15, 0.2) is 73.3 Å². The summed E-state index contributed by atoms with van der Waals surface area (Å²) in [6, 6.07) is 15.6. The molecule has 3 aromatic rings. The van der Waals surface area contributed by atoms with Crippen LogP contribution in [0.3, 0.4) is 0 Å². The average Bonchev–Trinajstić information content (AvgIpc) is 3.20. The van der Waals surface area contributed by atoms with Crippen LogP contribution in [0.1, 0.15) is 46.4 Å². The molecule has 0 atom stereocenters. The Morgan fingerprint density at radius 3 is 1.50 bits per heavy atom. The van der Waals surface area contributed by atoms with Crippen LogP contribution in [0.4, 0.5) is 11.4 Å². The van der Waals surface area contributed by atoms with E-state index in [-0.39, 0.29) is 17.9 Å². The zero-order valence-corrected chi connectivity index (χ0v) is 20.4. The van der Waals surface area contributed by atoms with Gasteiger partial charge in [-0.3, -0.25) is 24.5 Å². The fraction of sp³-hybridized carbons (Fsp3) is 0.357. The Hall–Kier alpha value is -3.78. The van der Waals surface area contributed by atoms with E-state index >= 15 is 0 Å². The van der Waals surface area contributed by atoms with Crippen LogP contribution in [0.2, 0.25) is 0 Å². The van der Waals surface area contributed by atoms with Gasteiger partial charge in [0.05, 0.1) is 11.1 Å². The molecule has 0 aliphatic carbocycles. The first-order chi connectivity index (χ1) is 17.6. The third-order valence-corrected chi connectivity index (χ3v) is 7.25. The number of aromatic nitrogens is 2. The van der Waals surface area contributed by atoms with Crippen molar-refractivity contribution in [1.82, 2.24) is 14.9 Å². The van der Waals surface area contributed by atoms with E-state index in [4.69, 9.17) is 5.73 Å². The van der Waals surface area contributed by atoms with Gasteiger partial charge >= 0.3 is 0 Å². The van der Waals surface area contributed by atoms with Crippen LogP contribution in [0, 0.1) is 0 Å². The molecular formula is C28H32N6O2. The standard InChI is InChI=1S/C18H17N3O2.C10H15N3/c22-17-15-3-1-2-4-16(15)18(23)21(17)14-7-11-20(12-8-14)13-5-9-19-10-6-13;11-9-3-7-13(8-4-9)10-1-5-12-6-2-10/h1-6,9-10,14H,7-8,11-12H2;1-2,5-6,9H,3-4,7-8,11H2. The van der Waals surface area contributed by atoms with Crippen LogP contribution in [-0.2, 0) is 0 Å². The lowest BCUT2D eigenvalue weighted by Crippen LogP contribution is -2.47. The molecule has 3 aliphatic heterocycles. The van der Waals surface area contributed by atoms with Gasteiger partial charge in [-0.15, -0.1) is 0 Å². The number of nitrogens with zero attached hydrogens (tertiary/aromatic N) is 5. The molecule has 0 bridgehead atoms. The quantitative estimate of drug-likeness (QED) is 0.570. The predicted molar refractivity (Wildman–Crippen MR) is 140 cm³/mol. The second-order valence-corrected chi connectivity index (χ2v) is 9.48. The molecule has 8 nitrogen and oxygen atoms in total. The summed E-state index contributed by atoms with van der Waals surface area (Å²) in [6.07, 6.45) is 11.0. The average molecular weight is 485 g/mol. The zero-order chi connectivity index (χ0) is 24.9. The van der Waals surface area contributed by atoms with Crippen LogP contribution in [0.5, 0.6) is 0 Å². The third kappa shape index (κ3) is 5.09. The summed E-state index contributed by atoms with van der Waals surface area (Å²) in [5.41, 5.74) is 9.31. The lowest BCUT2D eigenvalue weighted by molar-refractivity contribution is 0.0561. The number of nitrogens with two attached hydrogens (primary N) is 1. The summed E-state index contributed by atoms with van der Waals surface area (Å²) in [5.74, 6) is -0.291. The fourth-order valence-electron chi connectivity index (χ4n) is 5.19. The molecule has 36 heavy (non-hydrogen) atoms. The highest BCUT2D eigenvalue weighted by Crippen LogP contribution is 2.29. The Morgan fingerprint density at radius 1 is 0.639 bits per heavy atom. The van der Waals surface area contributed by atoms with E-state index in [1.54, 1.807) is 36.7 Å². The number of fused-ring (bicyclic) bond motifs is 1. The highest BCUT2D eigenvalue weighted by atomic mass is 16.2. The molecule has 6 rings (SSSR count). The van der Waals surface area contributed by atoms with Crippen molar-refractivity contribution in [2.45, 2.75) is 37.8 Å². The Kier molecular flexibility index (Phi) is 7.23. The van der Waals surface area contributed by atoms with E-state index < -0.39 is 0 Å². The molecular weight excluding hydrogens is 452 g/mol. The number of carbonyl (C=O) groups is 2. The number of benzene rings is 1. The lowest BCUT2D eigenvalue weighted by atomic mass is 10.0. The summed E-state index contributed by atoms with van der Waals surface area (Å²) < 4.78 is 0. The number of imide groups is 1. The van der Waals surface area contributed by atoms with Gasteiger partial charge in [0.15, 0.2) is 0 Å². The van der Waals surface area contributed by atoms with E-state index in [0.29, 0.717) is 17.2 Å². The number of carbonyl (C=O) groups excluding carboxylic acids is 2. The van der Waals surface area contributed by atoms with E-state index in [9.17, 15) is 9.59 Å². The molecule has 5 heterocycles. The summed E-state index contributed by atoms with van der Waals surface area (Å²) >= 11 is 0. The van der Waals surface area contributed by atoms with E-state index in [1.807, 2.05) is 24.5 Å². The second-order valence-electron chi connectivity index (χ2n) is 9.48. The molecule has 8 heteroatoms. The molecule has 1 aromatic carbocycles. The van der Waals surface area contributed by atoms with Gasteiger partial charge < -0.3 is 15.5 Å². The Morgan fingerprint density at radius 2 is 1.06 bits per heavy atom. The van der Waals surface area contributed by atoms with Crippen molar-refractivity contribution in [2.75, 3.05) is 36.0 Å². The van der Waals surface area contributed by atoms with Crippen molar-refractivity contribution >= 4 is 23.2 Å². The number of amides is 2. The van der Waals surface area contributed by atoms with Crippen molar-refractivity contribution in [3.05, 3.63) is 84.4 Å². The number of hydrogen-bond acceptors (Lipinski definition) is 7. The van der Waals surface area contributed by atoms with Gasteiger partial charge in [0.2, 0.25) is 0 Å². The molecule has 2 N–H and O–H groups in total. The van der Waals surface area contributed by atoms with E-state index in [0.717, 1.165) is 57.5 Å². The summed E-state index contributed by atoms with van der Waals surface area (Å²) in [7, 11) is 0. The first kappa shape index (κ1) is 23.9. The molecule has 2 amide bonds. The van der Waals surface area contributed by atoms with Crippen molar-refractivity contribution in [1.29, 1.82) is 0 Å². The largest absolute Gasteiger partial charge is 0.371 e. The number of anilines is 2. The normalized spacial score (nSPS) is 18.6. The van der Waals surface area contributed by atoms with Gasteiger partial charge in [-0.1, -0.05) is 12.1 Å². The first-order valence-corrected chi connectivity index (χ1v) is 12.6. The Balaban J connectivity index is 0.000000174. The second kappa shape index (κ2) is 10.9. The summed E-state index contributed by atoms with van der Waals surface area (Å²) in [4.78, 5) is 39.2. The molecule has 0 saturated carbocycles. The Bertz CT molecular complexity index is 1140. The molecule has 186 valence electrons.